The normalized spacial score (nSPS) is 26.4. The fraction of sp³-hybridized carbons (Fsp3) is 0.250. The topological polar surface area (TPSA) is 69.4 Å². The molecule has 0 bridgehead atoms. The minimum absolute atomic E-state index is 0.0296. The molecule has 0 aromatic carbocycles. The summed E-state index contributed by atoms with van der Waals surface area (Å²) in [6, 6.07) is 1.49. The van der Waals surface area contributed by atoms with E-state index in [-0.39, 0.29) is 17.5 Å². The van der Waals surface area contributed by atoms with Crippen molar-refractivity contribution in [3.63, 3.8) is 0 Å². The van der Waals surface area contributed by atoms with E-state index in [9.17, 15) is 9.59 Å². The summed E-state index contributed by atoms with van der Waals surface area (Å²) in [7, 11) is 0. The highest BCUT2D eigenvalue weighted by Crippen LogP contribution is 2.33. The molecule has 0 saturated carbocycles. The minimum atomic E-state index is -0.448. The molecule has 17 heavy (non-hydrogen) atoms. The third kappa shape index (κ3) is 1.51. The van der Waals surface area contributed by atoms with Crippen LogP contribution in [0.15, 0.2) is 34.6 Å². The fourth-order valence-electron chi connectivity index (χ4n) is 2.09. The average molecular weight is 231 g/mol. The van der Waals surface area contributed by atoms with Gasteiger partial charge in [0.25, 0.3) is 0 Å². The molecular formula is C12H9NO4. The van der Waals surface area contributed by atoms with Gasteiger partial charge in [0.05, 0.1) is 23.8 Å². The first-order chi connectivity index (χ1) is 8.29. The second-order valence-electron chi connectivity index (χ2n) is 4.01. The summed E-state index contributed by atoms with van der Waals surface area (Å²) in [6.07, 6.45) is 5.79. The third-order valence-corrected chi connectivity index (χ3v) is 3.00. The molecule has 5 nitrogen and oxygen atoms in total. The Morgan fingerprint density at radius 3 is 3.12 bits per heavy atom. The number of rotatable bonds is 2. The molecule has 0 N–H and O–H groups in total. The summed E-state index contributed by atoms with van der Waals surface area (Å²) in [5.74, 6) is -0.509. The molecule has 2 aliphatic rings. The zero-order valence-corrected chi connectivity index (χ0v) is 8.83. The van der Waals surface area contributed by atoms with Crippen LogP contribution in [-0.2, 0) is 9.53 Å². The van der Waals surface area contributed by atoms with Gasteiger partial charge in [0.1, 0.15) is 6.61 Å². The van der Waals surface area contributed by atoms with Gasteiger partial charge in [-0.1, -0.05) is 17.3 Å². The van der Waals surface area contributed by atoms with E-state index >= 15 is 0 Å². The summed E-state index contributed by atoms with van der Waals surface area (Å²) in [5.41, 5.74) is 1.37. The summed E-state index contributed by atoms with van der Waals surface area (Å²) < 4.78 is 9.92. The van der Waals surface area contributed by atoms with Crippen LogP contribution < -0.4 is 0 Å². The molecule has 1 aromatic rings. The van der Waals surface area contributed by atoms with Crippen LogP contribution >= 0.6 is 0 Å². The standard InChI is InChI=1S/C12H9NO4/c14-4-8-3-11(13-17-8)9-2-1-7-5-16-6-10(7)12(9)15/h1-5,9-10H,6H2. The van der Waals surface area contributed by atoms with Crippen LogP contribution in [0.1, 0.15) is 22.2 Å². The molecule has 0 amide bonds. The largest absolute Gasteiger partial charge is 0.500 e. The number of nitrogens with zero attached hydrogens (tertiary/aromatic N) is 1. The predicted octanol–water partition coefficient (Wildman–Crippen LogP) is 1.24. The molecule has 0 saturated heterocycles. The van der Waals surface area contributed by atoms with Crippen molar-refractivity contribution >= 4 is 12.1 Å². The van der Waals surface area contributed by atoms with E-state index in [1.54, 1.807) is 12.3 Å². The molecule has 0 radical (unpaired) electrons. The van der Waals surface area contributed by atoms with Gasteiger partial charge in [0.15, 0.2) is 17.8 Å². The van der Waals surface area contributed by atoms with Gasteiger partial charge >= 0.3 is 0 Å². The van der Waals surface area contributed by atoms with Gasteiger partial charge in [-0.25, -0.2) is 0 Å². The SMILES string of the molecule is O=Cc1cc(C2C=CC3=COCC3C2=O)no1. The number of aldehydes is 1. The zero-order valence-electron chi connectivity index (χ0n) is 8.83. The molecule has 3 rings (SSSR count). The van der Waals surface area contributed by atoms with Gasteiger partial charge in [-0.05, 0) is 0 Å². The lowest BCUT2D eigenvalue weighted by atomic mass is 9.82. The first-order valence-electron chi connectivity index (χ1n) is 5.25. The number of fused-ring (bicyclic) bond motifs is 1. The van der Waals surface area contributed by atoms with Gasteiger partial charge in [0, 0.05) is 11.6 Å². The highest BCUT2D eigenvalue weighted by atomic mass is 16.5. The number of carbonyl (C=O) groups is 2. The molecule has 2 heterocycles. The molecule has 86 valence electrons. The van der Waals surface area contributed by atoms with Crippen LogP contribution in [0.2, 0.25) is 0 Å². The van der Waals surface area contributed by atoms with Gasteiger partial charge < -0.3 is 9.26 Å². The monoisotopic (exact) mass is 231 g/mol. The molecule has 1 aliphatic carbocycles. The van der Waals surface area contributed by atoms with Crippen LogP contribution in [-0.4, -0.2) is 23.8 Å². The van der Waals surface area contributed by atoms with Crippen LogP contribution in [0.3, 0.4) is 0 Å². The van der Waals surface area contributed by atoms with E-state index in [1.807, 2.05) is 6.08 Å². The number of ether oxygens (including phenoxy) is 1. The maximum absolute atomic E-state index is 12.2. The van der Waals surface area contributed by atoms with Crippen molar-refractivity contribution in [2.75, 3.05) is 6.61 Å². The summed E-state index contributed by atoms with van der Waals surface area (Å²) in [6.45, 7) is 0.382. The number of ketones is 1. The van der Waals surface area contributed by atoms with Crippen molar-refractivity contribution in [2.24, 2.45) is 5.92 Å². The Hall–Kier alpha value is -2.17. The van der Waals surface area contributed by atoms with Crippen LogP contribution in [0.25, 0.3) is 0 Å². The van der Waals surface area contributed by atoms with Crippen molar-refractivity contribution in [3.8, 4) is 0 Å². The zero-order chi connectivity index (χ0) is 11.8. The highest BCUT2D eigenvalue weighted by molar-refractivity contribution is 5.94. The van der Waals surface area contributed by atoms with E-state index < -0.39 is 5.92 Å². The van der Waals surface area contributed by atoms with E-state index in [4.69, 9.17) is 9.26 Å². The van der Waals surface area contributed by atoms with Crippen LogP contribution in [0.4, 0.5) is 0 Å². The molecular weight excluding hydrogens is 222 g/mol. The molecule has 1 aliphatic heterocycles. The van der Waals surface area contributed by atoms with Crippen molar-refractivity contribution in [2.45, 2.75) is 5.92 Å². The summed E-state index contributed by atoms with van der Waals surface area (Å²) in [4.78, 5) is 22.7. The molecule has 1 aromatic heterocycles. The van der Waals surface area contributed by atoms with Gasteiger partial charge in [0.2, 0.25) is 0 Å². The van der Waals surface area contributed by atoms with Crippen molar-refractivity contribution < 1.29 is 18.8 Å². The van der Waals surface area contributed by atoms with Crippen LogP contribution in [0.5, 0.6) is 0 Å². The Kier molecular flexibility index (Phi) is 2.18. The number of carbonyl (C=O) groups excluding carboxylic acids is 2. The van der Waals surface area contributed by atoms with E-state index in [0.717, 1.165) is 5.57 Å². The first kappa shape index (κ1) is 10.0. The number of allylic oxidation sites excluding steroid dienone is 2. The van der Waals surface area contributed by atoms with Gasteiger partial charge in [-0.2, -0.15) is 0 Å². The maximum Gasteiger partial charge on any atom is 0.199 e. The molecule has 2 unspecified atom stereocenters. The summed E-state index contributed by atoms with van der Waals surface area (Å²) >= 11 is 0. The Bertz CT molecular complexity index is 540. The lowest BCUT2D eigenvalue weighted by molar-refractivity contribution is -0.123. The number of hydrogen-bond donors (Lipinski definition) is 0. The lowest BCUT2D eigenvalue weighted by Crippen LogP contribution is -2.26. The molecule has 0 fully saturated rings. The highest BCUT2D eigenvalue weighted by Gasteiger charge is 2.36. The van der Waals surface area contributed by atoms with E-state index in [0.29, 0.717) is 18.6 Å². The molecule has 5 heteroatoms. The van der Waals surface area contributed by atoms with Gasteiger partial charge in [-0.3, -0.25) is 9.59 Å². The lowest BCUT2D eigenvalue weighted by Gasteiger charge is -2.18. The predicted molar refractivity (Wildman–Crippen MR) is 56.3 cm³/mol. The third-order valence-electron chi connectivity index (χ3n) is 3.00. The molecule has 0 spiro atoms. The Labute approximate surface area is 96.7 Å². The smallest absolute Gasteiger partial charge is 0.199 e. The van der Waals surface area contributed by atoms with Crippen LogP contribution in [0, 0.1) is 5.92 Å². The number of Topliss-reactive ketones (excluding diaryl/α,β-unsaturated/α-hetero) is 1. The van der Waals surface area contributed by atoms with Gasteiger partial charge in [-0.15, -0.1) is 0 Å². The van der Waals surface area contributed by atoms with E-state index in [2.05, 4.69) is 5.16 Å². The Morgan fingerprint density at radius 2 is 2.35 bits per heavy atom. The minimum Gasteiger partial charge on any atom is -0.500 e. The van der Waals surface area contributed by atoms with E-state index in [1.165, 1.54) is 6.07 Å². The number of aromatic nitrogens is 1. The second-order valence-corrected chi connectivity index (χ2v) is 4.01. The maximum atomic E-state index is 12.2. The number of hydrogen-bond acceptors (Lipinski definition) is 5. The van der Waals surface area contributed by atoms with Crippen molar-refractivity contribution in [1.29, 1.82) is 0 Å². The second kappa shape index (κ2) is 3.69. The fourth-order valence-corrected chi connectivity index (χ4v) is 2.09. The molecule has 2 atom stereocenters. The first-order valence-corrected chi connectivity index (χ1v) is 5.25. The Morgan fingerprint density at radius 1 is 1.47 bits per heavy atom. The quantitative estimate of drug-likeness (QED) is 0.716. The summed E-state index contributed by atoms with van der Waals surface area (Å²) in [5, 5.41) is 3.74. The average Bonchev–Trinajstić information content (AvgIpc) is 2.97. The van der Waals surface area contributed by atoms with Crippen molar-refractivity contribution in [3.05, 3.63) is 41.5 Å². The van der Waals surface area contributed by atoms with Crippen molar-refractivity contribution in [1.82, 2.24) is 5.16 Å². The Balaban J connectivity index is 1.94.